The summed E-state index contributed by atoms with van der Waals surface area (Å²) in [5.74, 6) is 2.06. The van der Waals surface area contributed by atoms with E-state index in [0.717, 1.165) is 16.8 Å². The number of nitrogens with zero attached hydrogens (tertiary/aromatic N) is 3. The van der Waals surface area contributed by atoms with Crippen LogP contribution in [0.15, 0.2) is 22.7 Å². The molecule has 2 aromatic heterocycles. The van der Waals surface area contributed by atoms with E-state index in [2.05, 4.69) is 15.1 Å². The highest BCUT2D eigenvalue weighted by molar-refractivity contribution is 7.71. The van der Waals surface area contributed by atoms with Crippen molar-refractivity contribution in [2.45, 2.75) is 19.9 Å². The predicted molar refractivity (Wildman–Crippen MR) is 76.4 cm³/mol. The molecule has 7 heteroatoms. The minimum Gasteiger partial charge on any atom is -0.497 e. The van der Waals surface area contributed by atoms with E-state index in [1.165, 1.54) is 0 Å². The highest BCUT2D eigenvalue weighted by Crippen LogP contribution is 2.20. The molecule has 3 rings (SSSR count). The second-order valence-corrected chi connectivity index (χ2v) is 4.83. The summed E-state index contributed by atoms with van der Waals surface area (Å²) in [7, 11) is 1.65. The van der Waals surface area contributed by atoms with Crippen molar-refractivity contribution in [3.8, 4) is 5.75 Å². The molecule has 0 unspecified atom stereocenters. The van der Waals surface area contributed by atoms with E-state index >= 15 is 0 Å². The predicted octanol–water partition coefficient (Wildman–Crippen LogP) is 2.64. The Labute approximate surface area is 120 Å². The van der Waals surface area contributed by atoms with Gasteiger partial charge >= 0.3 is 0 Å². The van der Waals surface area contributed by atoms with Gasteiger partial charge in [0.05, 0.1) is 18.1 Å². The molecule has 0 atom stereocenters. The Kier molecular flexibility index (Phi) is 3.27. The Morgan fingerprint density at radius 1 is 1.45 bits per heavy atom. The number of benzene rings is 1. The fourth-order valence-corrected chi connectivity index (χ4v) is 2.44. The first-order valence-electron chi connectivity index (χ1n) is 6.23. The monoisotopic (exact) mass is 290 g/mol. The van der Waals surface area contributed by atoms with Crippen LogP contribution < -0.4 is 4.74 Å². The number of methoxy groups -OCH3 is 1. The number of H-pyrrole nitrogens is 1. The SMILES string of the molecule is COc1ccc2[nH]c(=S)n(CCc3noc(C)n3)c2c1. The van der Waals surface area contributed by atoms with Crippen molar-refractivity contribution in [2.24, 2.45) is 0 Å². The second-order valence-electron chi connectivity index (χ2n) is 4.44. The maximum atomic E-state index is 5.36. The molecular formula is C13H14N4O2S. The number of rotatable bonds is 4. The summed E-state index contributed by atoms with van der Waals surface area (Å²) in [5, 5.41) is 3.89. The first-order chi connectivity index (χ1) is 9.67. The van der Waals surface area contributed by atoms with Gasteiger partial charge in [0, 0.05) is 26.0 Å². The van der Waals surface area contributed by atoms with Crippen LogP contribution in [-0.4, -0.2) is 26.8 Å². The number of hydrogen-bond donors (Lipinski definition) is 1. The Balaban J connectivity index is 1.93. The van der Waals surface area contributed by atoms with Crippen molar-refractivity contribution in [2.75, 3.05) is 7.11 Å². The lowest BCUT2D eigenvalue weighted by Gasteiger charge is -2.04. The van der Waals surface area contributed by atoms with Crippen molar-refractivity contribution < 1.29 is 9.26 Å². The maximum Gasteiger partial charge on any atom is 0.223 e. The number of aryl methyl sites for hydroxylation is 3. The number of ether oxygens (including phenoxy) is 1. The zero-order chi connectivity index (χ0) is 14.1. The van der Waals surface area contributed by atoms with Gasteiger partial charge in [-0.25, -0.2) is 0 Å². The molecule has 0 saturated carbocycles. The highest BCUT2D eigenvalue weighted by Gasteiger charge is 2.08. The van der Waals surface area contributed by atoms with Gasteiger partial charge in [0.25, 0.3) is 0 Å². The Morgan fingerprint density at radius 2 is 2.30 bits per heavy atom. The van der Waals surface area contributed by atoms with E-state index in [-0.39, 0.29) is 0 Å². The molecule has 6 nitrogen and oxygen atoms in total. The summed E-state index contributed by atoms with van der Waals surface area (Å²) in [5.41, 5.74) is 2.00. The largest absolute Gasteiger partial charge is 0.497 e. The summed E-state index contributed by atoms with van der Waals surface area (Å²) < 4.78 is 12.9. The number of aromatic amines is 1. The zero-order valence-electron chi connectivity index (χ0n) is 11.2. The van der Waals surface area contributed by atoms with E-state index in [1.54, 1.807) is 14.0 Å². The standard InChI is InChI=1S/C13H14N4O2S/c1-8-14-12(16-19-8)5-6-17-11-7-9(18-2)3-4-10(11)15-13(17)20/h3-4,7H,5-6H2,1-2H3,(H,15,20). The van der Waals surface area contributed by atoms with E-state index in [4.69, 9.17) is 21.5 Å². The molecular weight excluding hydrogens is 276 g/mol. The highest BCUT2D eigenvalue weighted by atomic mass is 32.1. The molecule has 0 fully saturated rings. The third kappa shape index (κ3) is 2.32. The van der Waals surface area contributed by atoms with Crippen molar-refractivity contribution in [3.63, 3.8) is 0 Å². The summed E-state index contributed by atoms with van der Waals surface area (Å²) in [4.78, 5) is 7.37. The number of imidazole rings is 1. The number of hydrogen-bond acceptors (Lipinski definition) is 5. The van der Waals surface area contributed by atoms with Gasteiger partial charge in [0.1, 0.15) is 5.75 Å². The first-order valence-corrected chi connectivity index (χ1v) is 6.64. The van der Waals surface area contributed by atoms with Crippen LogP contribution in [0.2, 0.25) is 0 Å². The van der Waals surface area contributed by atoms with E-state index in [9.17, 15) is 0 Å². The summed E-state index contributed by atoms with van der Waals surface area (Å²) in [6.45, 7) is 2.46. The average Bonchev–Trinajstić information content (AvgIpc) is 2.98. The Hall–Kier alpha value is -2.15. The van der Waals surface area contributed by atoms with E-state index in [1.807, 2.05) is 22.8 Å². The quantitative estimate of drug-likeness (QED) is 0.748. The second kappa shape index (κ2) is 5.09. The van der Waals surface area contributed by atoms with Crippen molar-refractivity contribution in [3.05, 3.63) is 34.7 Å². The maximum absolute atomic E-state index is 5.36. The van der Waals surface area contributed by atoms with Gasteiger partial charge in [-0.05, 0) is 24.4 Å². The molecule has 0 saturated heterocycles. The van der Waals surface area contributed by atoms with Crippen LogP contribution in [0.1, 0.15) is 11.7 Å². The van der Waals surface area contributed by atoms with E-state index in [0.29, 0.717) is 29.5 Å². The Bertz CT molecular complexity index is 802. The first kappa shape index (κ1) is 12.9. The lowest BCUT2D eigenvalue weighted by atomic mass is 10.3. The third-order valence-corrected chi connectivity index (χ3v) is 3.43. The number of fused-ring (bicyclic) bond motifs is 1. The zero-order valence-corrected chi connectivity index (χ0v) is 12.0. The van der Waals surface area contributed by atoms with Gasteiger partial charge in [-0.2, -0.15) is 4.98 Å². The van der Waals surface area contributed by atoms with Crippen LogP contribution in [0.5, 0.6) is 5.75 Å². The van der Waals surface area contributed by atoms with Crippen LogP contribution in [0.25, 0.3) is 11.0 Å². The van der Waals surface area contributed by atoms with Crippen LogP contribution in [-0.2, 0) is 13.0 Å². The molecule has 3 aromatic rings. The van der Waals surface area contributed by atoms with Gasteiger partial charge in [0.15, 0.2) is 10.6 Å². The van der Waals surface area contributed by atoms with Gasteiger partial charge in [-0.3, -0.25) is 0 Å². The fourth-order valence-electron chi connectivity index (χ4n) is 2.14. The summed E-state index contributed by atoms with van der Waals surface area (Å²) in [6.07, 6.45) is 0.663. The van der Waals surface area contributed by atoms with Crippen LogP contribution in [0.4, 0.5) is 0 Å². The molecule has 0 radical (unpaired) electrons. The number of aromatic nitrogens is 4. The smallest absolute Gasteiger partial charge is 0.223 e. The normalized spacial score (nSPS) is 11.1. The third-order valence-electron chi connectivity index (χ3n) is 3.11. The van der Waals surface area contributed by atoms with Crippen molar-refractivity contribution in [1.29, 1.82) is 0 Å². The minimum atomic E-state index is 0.573. The molecule has 104 valence electrons. The molecule has 0 aliphatic rings. The van der Waals surface area contributed by atoms with Crippen molar-refractivity contribution >= 4 is 23.3 Å². The van der Waals surface area contributed by atoms with Gasteiger partial charge < -0.3 is 18.8 Å². The van der Waals surface area contributed by atoms with Gasteiger partial charge in [-0.1, -0.05) is 5.16 Å². The molecule has 0 aliphatic carbocycles. The lowest BCUT2D eigenvalue weighted by Crippen LogP contribution is -2.02. The molecule has 0 amide bonds. The average molecular weight is 290 g/mol. The molecule has 0 spiro atoms. The van der Waals surface area contributed by atoms with E-state index < -0.39 is 0 Å². The van der Waals surface area contributed by atoms with Gasteiger partial charge in [0.2, 0.25) is 5.89 Å². The molecule has 0 aliphatic heterocycles. The molecule has 0 bridgehead atoms. The fraction of sp³-hybridized carbons (Fsp3) is 0.308. The summed E-state index contributed by atoms with van der Waals surface area (Å²) in [6, 6.07) is 5.82. The molecule has 2 heterocycles. The molecule has 20 heavy (non-hydrogen) atoms. The van der Waals surface area contributed by atoms with Crippen LogP contribution in [0.3, 0.4) is 0 Å². The lowest BCUT2D eigenvalue weighted by molar-refractivity contribution is 0.386. The van der Waals surface area contributed by atoms with Gasteiger partial charge in [-0.15, -0.1) is 0 Å². The van der Waals surface area contributed by atoms with Crippen LogP contribution >= 0.6 is 12.2 Å². The Morgan fingerprint density at radius 3 is 3.00 bits per heavy atom. The summed E-state index contributed by atoms with van der Waals surface area (Å²) >= 11 is 5.36. The topological polar surface area (TPSA) is 68.9 Å². The molecule has 1 N–H and O–H groups in total. The van der Waals surface area contributed by atoms with Crippen LogP contribution in [0, 0.1) is 11.7 Å². The minimum absolute atomic E-state index is 0.573. The van der Waals surface area contributed by atoms with Crippen molar-refractivity contribution in [1.82, 2.24) is 19.7 Å². The number of nitrogens with one attached hydrogen (secondary N) is 1. The molecule has 1 aromatic carbocycles.